The Hall–Kier alpha value is -0.560. The lowest BCUT2D eigenvalue weighted by molar-refractivity contribution is -0.310. The highest BCUT2D eigenvalue weighted by Gasteiger charge is 2.72. The Morgan fingerprint density at radius 1 is 0.815 bits per heavy atom. The molecule has 2 aliphatic heterocycles. The molecule has 2 heterocycles. The highest BCUT2D eigenvalue weighted by Crippen LogP contribution is 2.70. The molecule has 0 bridgehead atoms. The normalized spacial score (nSPS) is 51.8. The molecular formula is C40H70O14. The summed E-state index contributed by atoms with van der Waals surface area (Å²) in [5.41, 5.74) is -2.26. The summed E-state index contributed by atoms with van der Waals surface area (Å²) >= 11 is 0. The first-order valence-corrected chi connectivity index (χ1v) is 20.5. The van der Waals surface area contributed by atoms with Gasteiger partial charge in [-0.2, -0.15) is 0 Å². The summed E-state index contributed by atoms with van der Waals surface area (Å²) in [5.74, 6) is -0.897. The van der Waals surface area contributed by atoms with Crippen molar-refractivity contribution in [3.05, 3.63) is 0 Å². The molecule has 14 heteroatoms. The fourth-order valence-electron chi connectivity index (χ4n) is 12.6. The molecule has 4 aliphatic carbocycles. The van der Waals surface area contributed by atoms with Crippen molar-refractivity contribution in [2.45, 2.75) is 165 Å². The molecule has 0 aromatic rings. The average Bonchev–Trinajstić information content (AvgIpc) is 3.53. The van der Waals surface area contributed by atoms with Crippen LogP contribution in [0.2, 0.25) is 0 Å². The Kier molecular flexibility index (Phi) is 13.2. The van der Waals surface area contributed by atoms with Gasteiger partial charge in [-0.05, 0) is 91.3 Å². The number of hydrogen-bond acceptors (Lipinski definition) is 14. The second-order valence-electron chi connectivity index (χ2n) is 18.8. The Morgan fingerprint density at radius 2 is 1.52 bits per heavy atom. The third-order valence-corrected chi connectivity index (χ3v) is 15.6. The van der Waals surface area contributed by atoms with E-state index in [4.69, 9.17) is 28.4 Å². The fourth-order valence-corrected chi connectivity index (χ4v) is 12.6. The maximum absolute atomic E-state index is 12.7. The van der Waals surface area contributed by atoms with Crippen molar-refractivity contribution in [2.75, 3.05) is 34.0 Å². The van der Waals surface area contributed by atoms with Crippen molar-refractivity contribution in [2.24, 2.45) is 52.3 Å². The molecule has 6 aliphatic rings. The van der Waals surface area contributed by atoms with Crippen molar-refractivity contribution in [1.82, 2.24) is 0 Å². The maximum Gasteiger partial charge on any atom is 0.187 e. The predicted octanol–water partition coefficient (Wildman–Crippen LogP) is 0.949. The number of aliphatic hydroxyl groups is 8. The number of methoxy groups -OCH3 is 2. The monoisotopic (exact) mass is 774 g/mol. The van der Waals surface area contributed by atoms with Crippen LogP contribution in [0.25, 0.3) is 0 Å². The van der Waals surface area contributed by atoms with Crippen LogP contribution < -0.4 is 0 Å². The Bertz CT molecular complexity index is 1240. The molecule has 314 valence electrons. The minimum absolute atomic E-state index is 0.0103. The Balaban J connectivity index is 1.11. The summed E-state index contributed by atoms with van der Waals surface area (Å²) in [5, 5.41) is 89.8. The van der Waals surface area contributed by atoms with Gasteiger partial charge in [0.15, 0.2) is 12.6 Å². The van der Waals surface area contributed by atoms with Crippen molar-refractivity contribution < 1.29 is 69.3 Å². The molecule has 0 spiro atoms. The van der Waals surface area contributed by atoms with Gasteiger partial charge in [-0.25, -0.2) is 0 Å². The lowest BCUT2D eigenvalue weighted by atomic mass is 9.42. The Labute approximate surface area is 320 Å². The molecule has 21 unspecified atom stereocenters. The van der Waals surface area contributed by atoms with Gasteiger partial charge in [-0.1, -0.05) is 34.6 Å². The van der Waals surface area contributed by atoms with Crippen LogP contribution in [0.15, 0.2) is 0 Å². The van der Waals surface area contributed by atoms with E-state index < -0.39 is 97.2 Å². The van der Waals surface area contributed by atoms with Crippen LogP contribution in [0.1, 0.15) is 86.0 Å². The van der Waals surface area contributed by atoms with Gasteiger partial charge in [-0.15, -0.1) is 0 Å². The minimum Gasteiger partial charge on any atom is -0.394 e. The van der Waals surface area contributed by atoms with Crippen LogP contribution in [0.4, 0.5) is 0 Å². The van der Waals surface area contributed by atoms with E-state index in [2.05, 4.69) is 34.6 Å². The molecule has 0 radical (unpaired) electrons. The summed E-state index contributed by atoms with van der Waals surface area (Å²) < 4.78 is 34.9. The second-order valence-corrected chi connectivity index (χ2v) is 18.8. The van der Waals surface area contributed by atoms with E-state index in [1.165, 1.54) is 14.2 Å². The van der Waals surface area contributed by atoms with Gasteiger partial charge in [0.2, 0.25) is 0 Å². The van der Waals surface area contributed by atoms with Gasteiger partial charge >= 0.3 is 0 Å². The third-order valence-electron chi connectivity index (χ3n) is 15.6. The molecule has 2 saturated heterocycles. The Morgan fingerprint density at radius 3 is 2.17 bits per heavy atom. The van der Waals surface area contributed by atoms with Crippen molar-refractivity contribution in [3.63, 3.8) is 0 Å². The van der Waals surface area contributed by atoms with Crippen LogP contribution in [-0.2, 0) is 28.4 Å². The van der Waals surface area contributed by atoms with Crippen LogP contribution in [0.5, 0.6) is 0 Å². The number of hydrogen-bond donors (Lipinski definition) is 8. The van der Waals surface area contributed by atoms with Crippen LogP contribution in [0.3, 0.4) is 0 Å². The van der Waals surface area contributed by atoms with Crippen molar-refractivity contribution in [3.8, 4) is 0 Å². The van der Waals surface area contributed by atoms with Crippen LogP contribution in [0, 0.1) is 52.3 Å². The highest BCUT2D eigenvalue weighted by atomic mass is 16.8. The molecule has 0 aromatic carbocycles. The quantitative estimate of drug-likeness (QED) is 0.131. The highest BCUT2D eigenvalue weighted by molar-refractivity contribution is 5.21. The molecule has 4 saturated carbocycles. The van der Waals surface area contributed by atoms with Crippen LogP contribution >= 0.6 is 0 Å². The van der Waals surface area contributed by atoms with E-state index in [0.717, 1.165) is 25.7 Å². The first-order chi connectivity index (χ1) is 25.5. The first kappa shape index (κ1) is 43.0. The summed E-state index contributed by atoms with van der Waals surface area (Å²) in [7, 11) is 2.89. The number of aliphatic hydroxyl groups excluding tert-OH is 7. The summed E-state index contributed by atoms with van der Waals surface area (Å²) in [6.45, 7) is 10.4. The molecule has 0 aromatic heterocycles. The van der Waals surface area contributed by atoms with E-state index >= 15 is 0 Å². The largest absolute Gasteiger partial charge is 0.394 e. The summed E-state index contributed by atoms with van der Waals surface area (Å²) in [6.07, 6.45) is -6.32. The SMILES string of the molecule is COC1COC(OC2C(OCC(CCC(C)C3C(O)C(O)C4C3(C)CCC3C5(C)CCC(O)CC5C(O)CC34O)C(C)C)OC(CO)C2O)C(OC)C1O. The van der Waals surface area contributed by atoms with Crippen molar-refractivity contribution in [1.29, 1.82) is 0 Å². The number of ether oxygens (including phenoxy) is 6. The molecular weight excluding hydrogens is 704 g/mol. The molecule has 6 fully saturated rings. The first-order valence-electron chi connectivity index (χ1n) is 20.5. The molecule has 54 heavy (non-hydrogen) atoms. The van der Waals surface area contributed by atoms with Crippen LogP contribution in [-0.4, -0.2) is 154 Å². The van der Waals surface area contributed by atoms with Gasteiger partial charge < -0.3 is 69.3 Å². The van der Waals surface area contributed by atoms with Gasteiger partial charge in [0, 0.05) is 26.6 Å². The zero-order chi connectivity index (χ0) is 39.5. The lowest BCUT2D eigenvalue weighted by Gasteiger charge is -2.65. The van der Waals surface area contributed by atoms with Gasteiger partial charge in [0.05, 0.1) is 49.8 Å². The van der Waals surface area contributed by atoms with E-state index in [0.29, 0.717) is 19.3 Å². The molecule has 0 amide bonds. The molecule has 14 nitrogen and oxygen atoms in total. The second kappa shape index (κ2) is 16.6. The molecule has 8 N–H and O–H groups in total. The van der Waals surface area contributed by atoms with E-state index in [-0.39, 0.29) is 60.6 Å². The standard InChI is InChI=1S/C40H70O14/c1-19(2)21(17-51-37-34(29(44)25(16-41)53-37)54-36-33(50-7)30(45)26(49-6)18-52-36)9-8-20(3)28-31(46)32(47)35-39(28,5)13-11-27-38(4)12-10-22(42)14-23(38)24(43)15-40(27,35)48/h19-37,41-48H,8-18H2,1-7H3. The minimum atomic E-state index is -1.34. The zero-order valence-corrected chi connectivity index (χ0v) is 33.3. The van der Waals surface area contributed by atoms with Gasteiger partial charge in [-0.3, -0.25) is 0 Å². The predicted molar refractivity (Wildman–Crippen MR) is 193 cm³/mol. The number of fused-ring (bicyclic) bond motifs is 5. The zero-order valence-electron chi connectivity index (χ0n) is 33.3. The third kappa shape index (κ3) is 7.35. The van der Waals surface area contributed by atoms with E-state index in [9.17, 15) is 40.9 Å². The van der Waals surface area contributed by atoms with E-state index in [1.54, 1.807) is 0 Å². The van der Waals surface area contributed by atoms with Crippen molar-refractivity contribution >= 4 is 0 Å². The average molecular weight is 775 g/mol. The van der Waals surface area contributed by atoms with Gasteiger partial charge in [0.1, 0.15) is 36.6 Å². The van der Waals surface area contributed by atoms with E-state index in [1.807, 2.05) is 0 Å². The molecule has 21 atom stereocenters. The van der Waals surface area contributed by atoms with Gasteiger partial charge in [0.25, 0.3) is 0 Å². The summed E-state index contributed by atoms with van der Waals surface area (Å²) in [6, 6.07) is 0. The topological polar surface area (TPSA) is 217 Å². The maximum atomic E-state index is 12.7. The molecule has 6 rings (SSSR count). The smallest absolute Gasteiger partial charge is 0.187 e. The fraction of sp³-hybridized carbons (Fsp3) is 1.00. The lowest BCUT2D eigenvalue weighted by Crippen LogP contribution is -2.68. The number of rotatable bonds is 13. The summed E-state index contributed by atoms with van der Waals surface area (Å²) in [4.78, 5) is 0.